The maximum Gasteiger partial charge on any atom is 0.248 e. The summed E-state index contributed by atoms with van der Waals surface area (Å²) in [5.41, 5.74) is 2.84. The van der Waals surface area contributed by atoms with Gasteiger partial charge in [-0.05, 0) is 18.2 Å². The third-order valence-electron chi connectivity index (χ3n) is 3.61. The molecule has 3 rings (SSSR count). The number of hydrogen-bond acceptors (Lipinski definition) is 5. The minimum atomic E-state index is -0.199. The van der Waals surface area contributed by atoms with Crippen LogP contribution in [0.5, 0.6) is 0 Å². The molecule has 0 atom stereocenters. The summed E-state index contributed by atoms with van der Waals surface area (Å²) >= 11 is 0. The Labute approximate surface area is 127 Å². The molecule has 112 valence electrons. The van der Waals surface area contributed by atoms with Crippen LogP contribution in [0.25, 0.3) is 0 Å². The minimum Gasteiger partial charge on any atom is -0.733 e. The van der Waals surface area contributed by atoms with Crippen LogP contribution < -0.4 is 10.1 Å². The number of benzene rings is 2. The van der Waals surface area contributed by atoms with Crippen molar-refractivity contribution in [2.75, 3.05) is 23.7 Å². The minimum absolute atomic E-state index is 0.0327. The second kappa shape index (κ2) is 5.59. The van der Waals surface area contributed by atoms with E-state index < -0.39 is 0 Å². The Morgan fingerprint density at radius 1 is 1.23 bits per heavy atom. The zero-order valence-electron chi connectivity index (χ0n) is 11.9. The van der Waals surface area contributed by atoms with Gasteiger partial charge in [-0.15, -0.1) is 0 Å². The summed E-state index contributed by atoms with van der Waals surface area (Å²) < 4.78 is 0. The summed E-state index contributed by atoms with van der Waals surface area (Å²) in [7, 11) is 1.66. The molecule has 22 heavy (non-hydrogen) atoms. The van der Waals surface area contributed by atoms with Crippen molar-refractivity contribution in [1.82, 2.24) is 0 Å². The zero-order chi connectivity index (χ0) is 15.7. The van der Waals surface area contributed by atoms with Crippen LogP contribution in [0.4, 0.5) is 11.4 Å². The number of fused-ring (bicyclic) bond motifs is 1. The molecule has 0 fully saturated rings. The molecule has 0 saturated heterocycles. The topological polar surface area (TPSA) is 79.2 Å². The quantitative estimate of drug-likeness (QED) is 0.862. The van der Waals surface area contributed by atoms with Crippen molar-refractivity contribution in [1.29, 1.82) is 0 Å². The molecular weight excluding hydrogens is 282 g/mol. The molecule has 0 radical (unpaired) electrons. The van der Waals surface area contributed by atoms with Crippen LogP contribution in [0.1, 0.15) is 11.1 Å². The lowest BCUT2D eigenvalue weighted by Gasteiger charge is -2.25. The summed E-state index contributed by atoms with van der Waals surface area (Å²) in [6.07, 6.45) is 0. The summed E-state index contributed by atoms with van der Waals surface area (Å²) in [6, 6.07) is 14.0. The molecule has 0 bridgehead atoms. The Kier molecular flexibility index (Phi) is 3.62. The third-order valence-corrected chi connectivity index (χ3v) is 3.61. The Morgan fingerprint density at radius 2 is 1.95 bits per heavy atom. The van der Waals surface area contributed by atoms with Crippen LogP contribution in [0.2, 0.25) is 0 Å². The number of anilines is 2. The second-order valence-electron chi connectivity index (χ2n) is 4.96. The molecule has 2 aromatic rings. The first-order valence-electron chi connectivity index (χ1n) is 6.75. The largest absolute Gasteiger partial charge is 0.733 e. The Hall–Kier alpha value is -2.70. The van der Waals surface area contributed by atoms with Crippen molar-refractivity contribution in [2.24, 2.45) is 4.99 Å². The number of rotatable bonds is 2. The number of benzodiazepines with no additional fused rings is 1. The van der Waals surface area contributed by atoms with Crippen LogP contribution >= 0.6 is 0 Å². The summed E-state index contributed by atoms with van der Waals surface area (Å²) in [4.78, 5) is 18.0. The van der Waals surface area contributed by atoms with Crippen LogP contribution in [0.15, 0.2) is 53.5 Å². The monoisotopic (exact) mass is 296 g/mol. The molecule has 0 spiro atoms. The number of amides is 1. The molecule has 1 aliphatic rings. The highest BCUT2D eigenvalue weighted by atomic mass is 16.8. The van der Waals surface area contributed by atoms with Crippen LogP contribution in [0.3, 0.4) is 0 Å². The van der Waals surface area contributed by atoms with E-state index in [1.807, 2.05) is 30.3 Å². The smallest absolute Gasteiger partial charge is 0.248 e. The molecule has 0 saturated carbocycles. The number of hydrogen-bond donors (Lipinski definition) is 1. The maximum absolute atomic E-state index is 12.1. The van der Waals surface area contributed by atoms with Crippen LogP contribution in [0, 0.1) is 5.21 Å². The molecule has 0 unspecified atom stereocenters. The molecule has 1 N–H and O–H groups in total. The van der Waals surface area contributed by atoms with Gasteiger partial charge in [0.25, 0.3) is 0 Å². The number of aliphatic imine (C=N–C) groups is 1. The van der Waals surface area contributed by atoms with E-state index in [1.54, 1.807) is 13.1 Å². The predicted octanol–water partition coefficient (Wildman–Crippen LogP) is 2.19. The summed E-state index contributed by atoms with van der Waals surface area (Å²) in [5.74, 6) is -0.136. The van der Waals surface area contributed by atoms with E-state index >= 15 is 0 Å². The van der Waals surface area contributed by atoms with Crippen LogP contribution in [-0.2, 0) is 4.79 Å². The van der Waals surface area contributed by atoms with Gasteiger partial charge in [0.2, 0.25) is 5.91 Å². The maximum atomic E-state index is 12.1. The lowest BCUT2D eigenvalue weighted by atomic mass is 9.99. The van der Waals surface area contributed by atoms with Gasteiger partial charge >= 0.3 is 0 Å². The second-order valence-corrected chi connectivity index (χ2v) is 4.96. The van der Waals surface area contributed by atoms with Crippen LogP contribution in [-0.4, -0.2) is 30.4 Å². The summed E-state index contributed by atoms with van der Waals surface area (Å²) in [6.45, 7) is 0.0327. The van der Waals surface area contributed by atoms with Crippen molar-refractivity contribution in [3.63, 3.8) is 0 Å². The normalized spacial score (nSPS) is 14.2. The SMILES string of the molecule is CN1C(=O)CN=C(c2ccccc2)c2cc(N([O-])O)ccc21. The first-order valence-corrected chi connectivity index (χ1v) is 6.75. The lowest BCUT2D eigenvalue weighted by Crippen LogP contribution is -2.27. The average Bonchev–Trinajstić information content (AvgIpc) is 2.66. The Bertz CT molecular complexity index is 742. The molecule has 1 amide bonds. The Balaban J connectivity index is 2.22. The first kappa shape index (κ1) is 14.2. The van der Waals surface area contributed by atoms with E-state index in [4.69, 9.17) is 5.21 Å². The Morgan fingerprint density at radius 3 is 2.64 bits per heavy atom. The van der Waals surface area contributed by atoms with Crippen molar-refractivity contribution < 1.29 is 10.0 Å². The number of likely N-dealkylation sites (N-methyl/N-ethyl adjacent to an activating group) is 1. The van der Waals surface area contributed by atoms with Gasteiger partial charge in [-0.2, -0.15) is 0 Å². The van der Waals surface area contributed by atoms with Gasteiger partial charge in [-0.25, -0.2) is 0 Å². The molecule has 0 aliphatic carbocycles. The van der Waals surface area contributed by atoms with E-state index in [0.29, 0.717) is 17.0 Å². The van der Waals surface area contributed by atoms with E-state index in [0.717, 1.165) is 5.56 Å². The number of carbonyl (C=O) groups is 1. The van der Waals surface area contributed by atoms with E-state index in [1.165, 1.54) is 17.0 Å². The van der Waals surface area contributed by atoms with Crippen molar-refractivity contribution in [2.45, 2.75) is 0 Å². The highest BCUT2D eigenvalue weighted by molar-refractivity contribution is 6.19. The molecular formula is C16H14N3O3-. The van der Waals surface area contributed by atoms with Gasteiger partial charge in [0.1, 0.15) is 6.54 Å². The van der Waals surface area contributed by atoms with Gasteiger partial charge in [-0.3, -0.25) is 15.0 Å². The van der Waals surface area contributed by atoms with E-state index in [9.17, 15) is 10.0 Å². The molecule has 2 aromatic carbocycles. The highest BCUT2D eigenvalue weighted by Crippen LogP contribution is 2.29. The summed E-state index contributed by atoms with van der Waals surface area (Å²) in [5, 5.41) is 20.1. The standard InChI is InChI=1S/C16H14N3O3/c1-18-14-8-7-12(19(21)22)9-13(14)16(17-10-15(18)20)11-5-3-2-4-6-11/h2-9,21H,10H2,1H3/q-1. The zero-order valence-corrected chi connectivity index (χ0v) is 11.9. The van der Waals surface area contributed by atoms with Crippen molar-refractivity contribution >= 4 is 23.0 Å². The lowest BCUT2D eigenvalue weighted by molar-refractivity contribution is -0.116. The fourth-order valence-corrected chi connectivity index (χ4v) is 2.44. The van der Waals surface area contributed by atoms with Gasteiger partial charge in [0, 0.05) is 18.2 Å². The van der Waals surface area contributed by atoms with Crippen molar-refractivity contribution in [3.05, 3.63) is 64.9 Å². The number of nitrogens with zero attached hydrogens (tertiary/aromatic N) is 3. The molecule has 1 heterocycles. The van der Waals surface area contributed by atoms with E-state index in [2.05, 4.69) is 4.99 Å². The molecule has 1 aliphatic heterocycles. The van der Waals surface area contributed by atoms with Crippen molar-refractivity contribution in [3.8, 4) is 0 Å². The van der Waals surface area contributed by atoms with E-state index in [-0.39, 0.29) is 23.4 Å². The molecule has 6 heteroatoms. The fraction of sp³-hybridized carbons (Fsp3) is 0.125. The average molecular weight is 296 g/mol. The fourth-order valence-electron chi connectivity index (χ4n) is 2.44. The predicted molar refractivity (Wildman–Crippen MR) is 84.4 cm³/mol. The highest BCUT2D eigenvalue weighted by Gasteiger charge is 2.22. The van der Waals surface area contributed by atoms with Gasteiger partial charge in [0.15, 0.2) is 0 Å². The van der Waals surface area contributed by atoms with Gasteiger partial charge in [0.05, 0.1) is 17.1 Å². The number of carbonyl (C=O) groups excluding carboxylic acids is 1. The molecule has 6 nitrogen and oxygen atoms in total. The van der Waals surface area contributed by atoms with Gasteiger partial charge in [-0.1, -0.05) is 30.3 Å². The first-order chi connectivity index (χ1) is 10.6. The third kappa shape index (κ3) is 2.45. The van der Waals surface area contributed by atoms with Gasteiger partial charge < -0.3 is 15.3 Å². The molecule has 0 aromatic heterocycles.